The first-order valence-electron chi connectivity index (χ1n) is 5.76. The van der Waals surface area contributed by atoms with E-state index >= 15 is 0 Å². The molecule has 0 aliphatic carbocycles. The molecule has 1 unspecified atom stereocenters. The van der Waals surface area contributed by atoms with Gasteiger partial charge in [-0.25, -0.2) is 0 Å². The summed E-state index contributed by atoms with van der Waals surface area (Å²) < 4.78 is 10.8. The SMILES string of the molecule is CCC(CCCNCCN)[SiH](OC)OC. The highest BCUT2D eigenvalue weighted by Gasteiger charge is 2.21. The lowest BCUT2D eigenvalue weighted by Crippen LogP contribution is -2.28. The molecule has 0 heterocycles. The van der Waals surface area contributed by atoms with E-state index in [4.69, 9.17) is 14.6 Å². The van der Waals surface area contributed by atoms with Gasteiger partial charge in [0.25, 0.3) is 0 Å². The summed E-state index contributed by atoms with van der Waals surface area (Å²) in [6.45, 7) is 4.87. The predicted octanol–water partition coefficient (Wildman–Crippen LogP) is 0.608. The van der Waals surface area contributed by atoms with E-state index in [1.807, 2.05) is 0 Å². The molecule has 92 valence electrons. The first kappa shape index (κ1) is 15.1. The molecule has 5 heteroatoms. The first-order valence-corrected chi connectivity index (χ1v) is 7.37. The van der Waals surface area contributed by atoms with Crippen LogP contribution in [0.2, 0.25) is 5.54 Å². The van der Waals surface area contributed by atoms with Gasteiger partial charge in [0.15, 0.2) is 0 Å². The average Bonchev–Trinajstić information content (AvgIpc) is 2.27. The summed E-state index contributed by atoms with van der Waals surface area (Å²) in [5.41, 5.74) is 6.02. The van der Waals surface area contributed by atoms with E-state index < -0.39 is 9.28 Å². The van der Waals surface area contributed by atoms with Crippen molar-refractivity contribution in [3.8, 4) is 0 Å². The monoisotopic (exact) mass is 234 g/mol. The predicted molar refractivity (Wildman–Crippen MR) is 66.4 cm³/mol. The topological polar surface area (TPSA) is 56.5 Å². The molecule has 0 saturated heterocycles. The molecular weight excluding hydrogens is 208 g/mol. The zero-order valence-corrected chi connectivity index (χ0v) is 11.4. The molecule has 1 atom stereocenters. The zero-order valence-electron chi connectivity index (χ0n) is 10.3. The molecule has 4 nitrogen and oxygen atoms in total. The first-order chi connectivity index (χ1) is 7.29. The van der Waals surface area contributed by atoms with Gasteiger partial charge in [-0.2, -0.15) is 0 Å². The van der Waals surface area contributed by atoms with E-state index in [0.717, 1.165) is 19.5 Å². The Bertz CT molecular complexity index is 135. The highest BCUT2D eigenvalue weighted by atomic mass is 28.3. The van der Waals surface area contributed by atoms with Crippen molar-refractivity contribution in [2.75, 3.05) is 33.9 Å². The van der Waals surface area contributed by atoms with Gasteiger partial charge in [-0.15, -0.1) is 0 Å². The summed E-state index contributed by atoms with van der Waals surface area (Å²) in [7, 11) is 2.10. The minimum atomic E-state index is -1.42. The third kappa shape index (κ3) is 7.02. The van der Waals surface area contributed by atoms with Crippen molar-refractivity contribution < 1.29 is 8.85 Å². The molecule has 0 fully saturated rings. The molecule has 0 aliphatic heterocycles. The van der Waals surface area contributed by atoms with Crippen LogP contribution in [-0.4, -0.2) is 43.1 Å². The van der Waals surface area contributed by atoms with E-state index in [9.17, 15) is 0 Å². The standard InChI is InChI=1S/C10H26N2O2Si/c1-4-10(15(13-2)14-3)6-5-8-12-9-7-11/h10,12,15H,4-9,11H2,1-3H3. The fourth-order valence-electron chi connectivity index (χ4n) is 1.73. The van der Waals surface area contributed by atoms with Gasteiger partial charge in [0, 0.05) is 27.3 Å². The van der Waals surface area contributed by atoms with Crippen LogP contribution in [0.1, 0.15) is 26.2 Å². The van der Waals surface area contributed by atoms with Crippen LogP contribution >= 0.6 is 0 Å². The van der Waals surface area contributed by atoms with E-state index in [0.29, 0.717) is 12.1 Å². The minimum Gasteiger partial charge on any atom is -0.400 e. The lowest BCUT2D eigenvalue weighted by Gasteiger charge is -2.21. The van der Waals surface area contributed by atoms with Crippen molar-refractivity contribution in [1.82, 2.24) is 5.32 Å². The molecule has 0 aromatic carbocycles. The third-order valence-electron chi connectivity index (χ3n) is 2.62. The van der Waals surface area contributed by atoms with Crippen LogP contribution in [0.25, 0.3) is 0 Å². The Labute approximate surface area is 95.4 Å². The summed E-state index contributed by atoms with van der Waals surface area (Å²) in [6.07, 6.45) is 3.51. The molecule has 0 spiro atoms. The van der Waals surface area contributed by atoms with Crippen LogP contribution in [0.15, 0.2) is 0 Å². The second-order valence-electron chi connectivity index (χ2n) is 3.69. The van der Waals surface area contributed by atoms with Gasteiger partial charge in [0.05, 0.1) is 0 Å². The van der Waals surface area contributed by atoms with Gasteiger partial charge in [-0.3, -0.25) is 0 Å². The molecule has 0 aromatic heterocycles. The molecule has 15 heavy (non-hydrogen) atoms. The van der Waals surface area contributed by atoms with Crippen molar-refractivity contribution >= 4 is 9.28 Å². The highest BCUT2D eigenvalue weighted by molar-refractivity contribution is 6.46. The number of hydrogen-bond donors (Lipinski definition) is 2. The van der Waals surface area contributed by atoms with Gasteiger partial charge >= 0.3 is 9.28 Å². The second-order valence-corrected chi connectivity index (χ2v) is 6.31. The van der Waals surface area contributed by atoms with Crippen LogP contribution < -0.4 is 11.1 Å². The molecule has 0 aliphatic rings. The third-order valence-corrected chi connectivity index (χ3v) is 5.13. The van der Waals surface area contributed by atoms with E-state index in [2.05, 4.69) is 12.2 Å². The Morgan fingerprint density at radius 1 is 1.27 bits per heavy atom. The quantitative estimate of drug-likeness (QED) is 0.429. The van der Waals surface area contributed by atoms with Crippen LogP contribution in [-0.2, 0) is 8.85 Å². The number of rotatable bonds is 10. The molecule has 0 aromatic rings. The number of nitrogens with two attached hydrogens (primary N) is 1. The smallest absolute Gasteiger partial charge is 0.324 e. The maximum absolute atomic E-state index is 5.41. The molecule has 0 saturated carbocycles. The van der Waals surface area contributed by atoms with Gasteiger partial charge in [-0.1, -0.05) is 13.3 Å². The van der Waals surface area contributed by atoms with Crippen LogP contribution in [0.5, 0.6) is 0 Å². The van der Waals surface area contributed by atoms with Gasteiger partial charge < -0.3 is 19.9 Å². The normalized spacial score (nSPS) is 13.4. The van der Waals surface area contributed by atoms with Crippen molar-refractivity contribution in [2.24, 2.45) is 5.73 Å². The largest absolute Gasteiger partial charge is 0.400 e. The van der Waals surface area contributed by atoms with Crippen molar-refractivity contribution in [2.45, 2.75) is 31.7 Å². The minimum absolute atomic E-state index is 0.625. The second kappa shape index (κ2) is 10.6. The van der Waals surface area contributed by atoms with Crippen molar-refractivity contribution in [3.63, 3.8) is 0 Å². The van der Waals surface area contributed by atoms with Gasteiger partial charge in [-0.05, 0) is 24.9 Å². The number of nitrogens with one attached hydrogen (secondary N) is 1. The molecule has 0 rings (SSSR count). The maximum atomic E-state index is 5.41. The van der Waals surface area contributed by atoms with Gasteiger partial charge in [0.2, 0.25) is 0 Å². The molecule has 3 N–H and O–H groups in total. The summed E-state index contributed by atoms with van der Waals surface area (Å²) in [5, 5.41) is 3.30. The fourth-order valence-corrected chi connectivity index (χ4v) is 3.59. The Morgan fingerprint density at radius 3 is 2.40 bits per heavy atom. The summed E-state index contributed by atoms with van der Waals surface area (Å²) in [4.78, 5) is 0. The molecular formula is C10H26N2O2Si. The Hall–Kier alpha value is 0.0569. The van der Waals surface area contributed by atoms with Crippen LogP contribution in [0, 0.1) is 0 Å². The summed E-state index contributed by atoms with van der Waals surface area (Å²) in [5.74, 6) is 0. The Kier molecular flexibility index (Phi) is 10.6. The van der Waals surface area contributed by atoms with E-state index in [1.54, 1.807) is 14.2 Å². The fraction of sp³-hybridized carbons (Fsp3) is 1.00. The van der Waals surface area contributed by atoms with E-state index in [1.165, 1.54) is 12.8 Å². The van der Waals surface area contributed by atoms with Crippen LogP contribution in [0.3, 0.4) is 0 Å². The lowest BCUT2D eigenvalue weighted by atomic mass is 10.2. The van der Waals surface area contributed by atoms with Crippen molar-refractivity contribution in [3.05, 3.63) is 0 Å². The van der Waals surface area contributed by atoms with Crippen LogP contribution in [0.4, 0.5) is 0 Å². The average molecular weight is 234 g/mol. The summed E-state index contributed by atoms with van der Waals surface area (Å²) >= 11 is 0. The molecule has 0 radical (unpaired) electrons. The van der Waals surface area contributed by atoms with Crippen molar-refractivity contribution in [1.29, 1.82) is 0 Å². The zero-order chi connectivity index (χ0) is 11.5. The molecule has 0 amide bonds. The maximum Gasteiger partial charge on any atom is 0.324 e. The van der Waals surface area contributed by atoms with Gasteiger partial charge in [0.1, 0.15) is 0 Å². The highest BCUT2D eigenvalue weighted by Crippen LogP contribution is 2.21. The number of hydrogen-bond acceptors (Lipinski definition) is 4. The Morgan fingerprint density at radius 2 is 1.93 bits per heavy atom. The summed E-state index contributed by atoms with van der Waals surface area (Å²) in [6, 6.07) is 0. The lowest BCUT2D eigenvalue weighted by molar-refractivity contribution is 0.260. The molecule has 0 bridgehead atoms. The van der Waals surface area contributed by atoms with E-state index in [-0.39, 0.29) is 0 Å². The Balaban J connectivity index is 3.60.